The molecule has 0 bridgehead atoms. The SMILES string of the molecule is CONC(=O)CCCCBr. The number of nitrogens with one attached hydrogen (secondary N) is 1. The van der Waals surface area contributed by atoms with E-state index in [4.69, 9.17) is 0 Å². The number of hydrogen-bond donors (Lipinski definition) is 1. The van der Waals surface area contributed by atoms with Gasteiger partial charge in [0.05, 0.1) is 7.11 Å². The van der Waals surface area contributed by atoms with Crippen molar-refractivity contribution < 1.29 is 9.63 Å². The number of carbonyl (C=O) groups excluding carboxylic acids is 1. The highest BCUT2D eigenvalue weighted by atomic mass is 79.9. The van der Waals surface area contributed by atoms with E-state index >= 15 is 0 Å². The van der Waals surface area contributed by atoms with E-state index in [2.05, 4.69) is 26.2 Å². The molecule has 0 aromatic heterocycles. The largest absolute Gasteiger partial charge is 0.277 e. The van der Waals surface area contributed by atoms with E-state index in [1.165, 1.54) is 7.11 Å². The fourth-order valence-electron chi connectivity index (χ4n) is 0.545. The van der Waals surface area contributed by atoms with Crippen LogP contribution >= 0.6 is 15.9 Å². The molecule has 1 N–H and O–H groups in total. The number of unbranched alkanes of at least 4 members (excludes halogenated alkanes) is 1. The van der Waals surface area contributed by atoms with Gasteiger partial charge in [-0.1, -0.05) is 15.9 Å². The predicted octanol–water partition coefficient (Wildman–Crippen LogP) is 1.23. The molecule has 0 aliphatic heterocycles. The van der Waals surface area contributed by atoms with Gasteiger partial charge in [0.25, 0.3) is 0 Å². The van der Waals surface area contributed by atoms with Gasteiger partial charge in [-0.2, -0.15) is 0 Å². The maximum absolute atomic E-state index is 10.7. The van der Waals surface area contributed by atoms with Crippen LogP contribution in [0.15, 0.2) is 0 Å². The third kappa shape index (κ3) is 6.04. The quantitative estimate of drug-likeness (QED) is 0.421. The Balaban J connectivity index is 3.05. The molecule has 0 rings (SSSR count). The summed E-state index contributed by atoms with van der Waals surface area (Å²) in [6, 6.07) is 0. The first-order chi connectivity index (χ1) is 4.81. The standard InChI is InChI=1S/C6H12BrNO2/c1-10-8-6(9)4-2-3-5-7/h2-5H2,1H3,(H,8,9). The second kappa shape index (κ2) is 7.02. The average Bonchev–Trinajstić information content (AvgIpc) is 1.89. The van der Waals surface area contributed by atoms with Crippen LogP contribution in [-0.4, -0.2) is 18.3 Å². The first-order valence-electron chi connectivity index (χ1n) is 3.19. The van der Waals surface area contributed by atoms with Crippen LogP contribution in [0.2, 0.25) is 0 Å². The normalized spacial score (nSPS) is 9.40. The molecule has 0 heterocycles. The van der Waals surface area contributed by atoms with E-state index in [1.54, 1.807) is 0 Å². The maximum Gasteiger partial charge on any atom is 0.243 e. The molecule has 0 aliphatic rings. The molecule has 4 heteroatoms. The van der Waals surface area contributed by atoms with Crippen LogP contribution in [0, 0.1) is 0 Å². The van der Waals surface area contributed by atoms with Crippen LogP contribution in [0.4, 0.5) is 0 Å². The third-order valence-corrected chi connectivity index (χ3v) is 1.56. The van der Waals surface area contributed by atoms with Crippen LogP contribution in [0.1, 0.15) is 19.3 Å². The van der Waals surface area contributed by atoms with Gasteiger partial charge < -0.3 is 0 Å². The molecular formula is C6H12BrNO2. The highest BCUT2D eigenvalue weighted by molar-refractivity contribution is 9.09. The second-order valence-corrected chi connectivity index (χ2v) is 2.67. The molecule has 1 amide bonds. The summed E-state index contributed by atoms with van der Waals surface area (Å²) in [5.74, 6) is -0.0524. The fraction of sp³-hybridized carbons (Fsp3) is 0.833. The molecule has 0 aliphatic carbocycles. The molecule has 0 aromatic rings. The van der Waals surface area contributed by atoms with Crippen LogP contribution in [0.3, 0.4) is 0 Å². The van der Waals surface area contributed by atoms with Gasteiger partial charge in [0.1, 0.15) is 0 Å². The molecule has 0 radical (unpaired) electrons. The van der Waals surface area contributed by atoms with Crippen molar-refractivity contribution in [2.75, 3.05) is 12.4 Å². The molecule has 0 aromatic carbocycles. The lowest BCUT2D eigenvalue weighted by molar-refractivity contribution is -0.131. The summed E-state index contributed by atoms with van der Waals surface area (Å²) in [7, 11) is 1.43. The first-order valence-corrected chi connectivity index (χ1v) is 4.31. The lowest BCUT2D eigenvalue weighted by atomic mass is 10.2. The highest BCUT2D eigenvalue weighted by Gasteiger charge is 1.97. The second-order valence-electron chi connectivity index (χ2n) is 1.88. The Kier molecular flexibility index (Phi) is 6.96. The summed E-state index contributed by atoms with van der Waals surface area (Å²) in [5.41, 5.74) is 2.25. The molecule has 3 nitrogen and oxygen atoms in total. The Morgan fingerprint density at radius 3 is 2.80 bits per heavy atom. The Labute approximate surface area is 69.2 Å². The molecule has 0 saturated heterocycles. The summed E-state index contributed by atoms with van der Waals surface area (Å²) in [6.45, 7) is 0. The minimum absolute atomic E-state index is 0.0524. The zero-order valence-corrected chi connectivity index (χ0v) is 7.61. The lowest BCUT2D eigenvalue weighted by Crippen LogP contribution is -2.21. The number of amides is 1. The Bertz CT molecular complexity index is 97.7. The molecule has 60 valence electrons. The number of carbonyl (C=O) groups is 1. The molecular weight excluding hydrogens is 198 g/mol. The summed E-state index contributed by atoms with van der Waals surface area (Å²) < 4.78 is 0. The maximum atomic E-state index is 10.7. The van der Waals surface area contributed by atoms with Crippen molar-refractivity contribution in [2.45, 2.75) is 19.3 Å². The van der Waals surface area contributed by atoms with Crippen molar-refractivity contribution in [2.24, 2.45) is 0 Å². The lowest BCUT2D eigenvalue weighted by Gasteiger charge is -1.99. The molecule has 0 spiro atoms. The molecule has 0 fully saturated rings. The van der Waals surface area contributed by atoms with Gasteiger partial charge >= 0.3 is 0 Å². The smallest absolute Gasteiger partial charge is 0.243 e. The average molecular weight is 210 g/mol. The van der Waals surface area contributed by atoms with Gasteiger partial charge in [0, 0.05) is 11.8 Å². The van der Waals surface area contributed by atoms with Crippen LogP contribution < -0.4 is 5.48 Å². The van der Waals surface area contributed by atoms with Crippen LogP contribution in [-0.2, 0) is 9.63 Å². The number of hydrogen-bond acceptors (Lipinski definition) is 2. The van der Waals surface area contributed by atoms with E-state index in [9.17, 15) is 4.79 Å². The first kappa shape index (κ1) is 9.91. The Morgan fingerprint density at radius 1 is 1.60 bits per heavy atom. The number of rotatable bonds is 5. The van der Waals surface area contributed by atoms with E-state index in [0.29, 0.717) is 6.42 Å². The topological polar surface area (TPSA) is 38.3 Å². The monoisotopic (exact) mass is 209 g/mol. The van der Waals surface area contributed by atoms with E-state index in [1.807, 2.05) is 0 Å². The predicted molar refractivity (Wildman–Crippen MR) is 42.8 cm³/mol. The van der Waals surface area contributed by atoms with Gasteiger partial charge in [-0.3, -0.25) is 9.63 Å². The summed E-state index contributed by atoms with van der Waals surface area (Å²) in [5, 5.41) is 0.952. The fourth-order valence-corrected chi connectivity index (χ4v) is 0.941. The summed E-state index contributed by atoms with van der Waals surface area (Å²) in [6.07, 6.45) is 2.47. The van der Waals surface area contributed by atoms with Crippen molar-refractivity contribution in [3.8, 4) is 0 Å². The minimum atomic E-state index is -0.0524. The van der Waals surface area contributed by atoms with Gasteiger partial charge in [-0.15, -0.1) is 0 Å². The van der Waals surface area contributed by atoms with Crippen molar-refractivity contribution in [1.82, 2.24) is 5.48 Å². The molecule has 0 unspecified atom stereocenters. The van der Waals surface area contributed by atoms with Gasteiger partial charge in [0.15, 0.2) is 0 Å². The summed E-state index contributed by atoms with van der Waals surface area (Å²) in [4.78, 5) is 15.1. The zero-order valence-electron chi connectivity index (χ0n) is 6.02. The van der Waals surface area contributed by atoms with E-state index < -0.39 is 0 Å². The third-order valence-electron chi connectivity index (χ3n) is 1.00. The van der Waals surface area contributed by atoms with Crippen molar-refractivity contribution in [3.63, 3.8) is 0 Å². The Morgan fingerprint density at radius 2 is 2.30 bits per heavy atom. The van der Waals surface area contributed by atoms with Crippen molar-refractivity contribution in [1.29, 1.82) is 0 Å². The van der Waals surface area contributed by atoms with Crippen molar-refractivity contribution >= 4 is 21.8 Å². The summed E-state index contributed by atoms with van der Waals surface area (Å²) >= 11 is 3.28. The zero-order chi connectivity index (χ0) is 7.82. The number of halogens is 1. The molecule has 0 atom stereocenters. The van der Waals surface area contributed by atoms with Crippen LogP contribution in [0.5, 0.6) is 0 Å². The van der Waals surface area contributed by atoms with Gasteiger partial charge in [-0.25, -0.2) is 5.48 Å². The molecule has 10 heavy (non-hydrogen) atoms. The van der Waals surface area contributed by atoms with Crippen molar-refractivity contribution in [3.05, 3.63) is 0 Å². The van der Waals surface area contributed by atoms with Crippen LogP contribution in [0.25, 0.3) is 0 Å². The Hall–Kier alpha value is -0.0900. The number of hydroxylamine groups is 1. The van der Waals surface area contributed by atoms with Gasteiger partial charge in [-0.05, 0) is 12.8 Å². The minimum Gasteiger partial charge on any atom is -0.277 e. The van der Waals surface area contributed by atoms with Gasteiger partial charge in [0.2, 0.25) is 5.91 Å². The number of alkyl halides is 1. The highest BCUT2D eigenvalue weighted by Crippen LogP contribution is 1.97. The molecule has 0 saturated carbocycles. The van der Waals surface area contributed by atoms with E-state index in [-0.39, 0.29) is 5.91 Å². The van der Waals surface area contributed by atoms with E-state index in [0.717, 1.165) is 18.2 Å².